The number of hydrogen-bond donors (Lipinski definition) is 1. The summed E-state index contributed by atoms with van der Waals surface area (Å²) in [4.78, 5) is 4.67. The first-order chi connectivity index (χ1) is 14.8. The van der Waals surface area contributed by atoms with Crippen molar-refractivity contribution >= 4 is 17.6 Å². The molecule has 2 aromatic heterocycles. The molecule has 1 N–H and O–H groups in total. The summed E-state index contributed by atoms with van der Waals surface area (Å²) in [7, 11) is 0. The van der Waals surface area contributed by atoms with Crippen molar-refractivity contribution in [2.24, 2.45) is 0 Å². The molecule has 0 bridgehead atoms. The van der Waals surface area contributed by atoms with Gasteiger partial charge in [0.25, 0.3) is 0 Å². The summed E-state index contributed by atoms with van der Waals surface area (Å²) in [5.41, 5.74) is 4.25. The van der Waals surface area contributed by atoms with E-state index in [4.69, 9.17) is 12.2 Å². The highest BCUT2D eigenvalue weighted by atomic mass is 32.1. The van der Waals surface area contributed by atoms with Crippen molar-refractivity contribution in [2.45, 2.75) is 25.8 Å². The second kappa shape index (κ2) is 9.32. The zero-order valence-corrected chi connectivity index (χ0v) is 17.2. The lowest BCUT2D eigenvalue weighted by Gasteiger charge is -2.08. The fourth-order valence-electron chi connectivity index (χ4n) is 3.30. The summed E-state index contributed by atoms with van der Waals surface area (Å²) in [5, 5.41) is 20.7. The Morgan fingerprint density at radius 2 is 1.87 bits per heavy atom. The molecule has 0 unspecified atom stereocenters. The third-order valence-electron chi connectivity index (χ3n) is 4.74. The Balaban J connectivity index is 1.58. The highest BCUT2D eigenvalue weighted by molar-refractivity contribution is 7.78. The number of allylic oxidation sites excluding steroid dienone is 1. The Bertz CT molecular complexity index is 1130. The van der Waals surface area contributed by atoms with E-state index in [1.807, 2.05) is 29.0 Å². The first-order valence-corrected chi connectivity index (χ1v) is 10.1. The molecule has 0 spiro atoms. The number of benzene rings is 2. The smallest absolute Gasteiger partial charge is 0.205 e. The van der Waals surface area contributed by atoms with Gasteiger partial charge < -0.3 is 0 Å². The first-order valence-electron chi connectivity index (χ1n) is 9.67. The van der Waals surface area contributed by atoms with Crippen LogP contribution in [0.15, 0.2) is 61.2 Å². The molecule has 0 amide bonds. The minimum atomic E-state index is 0.580. The standard InChI is InChI=1S/C22H21N7S/c1-2-3-13-29-21(23-20(26-29)12-14-30)15-16-8-10-17(11-9-16)18-6-4-5-7-19(18)22-24-27-28-25-22/h2,4-11,14H,1,3,12-13,15H2,(H,24,25,27,28). The van der Waals surface area contributed by atoms with Crippen LogP contribution < -0.4 is 0 Å². The fraction of sp³-hybridized carbons (Fsp3) is 0.182. The fourth-order valence-corrected chi connectivity index (χ4v) is 3.45. The molecule has 7 nitrogen and oxygen atoms in total. The minimum absolute atomic E-state index is 0.580. The molecule has 150 valence electrons. The summed E-state index contributed by atoms with van der Waals surface area (Å²) in [6.45, 7) is 4.56. The van der Waals surface area contributed by atoms with Crippen molar-refractivity contribution < 1.29 is 0 Å². The van der Waals surface area contributed by atoms with Gasteiger partial charge in [0.2, 0.25) is 5.82 Å². The molecule has 2 aromatic carbocycles. The summed E-state index contributed by atoms with van der Waals surface area (Å²) in [5.74, 6) is 2.27. The molecule has 0 atom stereocenters. The Morgan fingerprint density at radius 1 is 1.07 bits per heavy atom. The normalized spacial score (nSPS) is 10.8. The minimum Gasteiger partial charge on any atom is -0.249 e. The average Bonchev–Trinajstić information content (AvgIpc) is 3.44. The van der Waals surface area contributed by atoms with Gasteiger partial charge in [-0.25, -0.2) is 9.67 Å². The lowest BCUT2D eigenvalue weighted by atomic mass is 9.98. The van der Waals surface area contributed by atoms with Crippen LogP contribution in [0.5, 0.6) is 0 Å². The molecule has 8 heteroatoms. The van der Waals surface area contributed by atoms with Crippen LogP contribution >= 0.6 is 12.2 Å². The largest absolute Gasteiger partial charge is 0.249 e. The molecule has 0 aliphatic carbocycles. The maximum Gasteiger partial charge on any atom is 0.205 e. The van der Waals surface area contributed by atoms with Gasteiger partial charge in [-0.3, -0.25) is 0 Å². The van der Waals surface area contributed by atoms with Crippen LogP contribution in [0.3, 0.4) is 0 Å². The third kappa shape index (κ3) is 4.38. The van der Waals surface area contributed by atoms with E-state index < -0.39 is 0 Å². The highest BCUT2D eigenvalue weighted by Gasteiger charge is 2.12. The molecule has 30 heavy (non-hydrogen) atoms. The van der Waals surface area contributed by atoms with E-state index in [-0.39, 0.29) is 0 Å². The summed E-state index contributed by atoms with van der Waals surface area (Å²) in [6, 6.07) is 16.5. The van der Waals surface area contributed by atoms with Crippen molar-refractivity contribution in [2.75, 3.05) is 0 Å². The molecule has 0 saturated heterocycles. The molecular weight excluding hydrogens is 394 g/mol. The quantitative estimate of drug-likeness (QED) is 0.330. The number of aromatic amines is 1. The van der Waals surface area contributed by atoms with E-state index in [9.17, 15) is 0 Å². The zero-order chi connectivity index (χ0) is 20.8. The van der Waals surface area contributed by atoms with Crippen LogP contribution in [0.25, 0.3) is 22.5 Å². The lowest BCUT2D eigenvalue weighted by molar-refractivity contribution is 0.590. The van der Waals surface area contributed by atoms with Gasteiger partial charge in [0, 0.05) is 24.9 Å². The van der Waals surface area contributed by atoms with Crippen molar-refractivity contribution in [3.63, 3.8) is 0 Å². The van der Waals surface area contributed by atoms with Crippen LogP contribution in [-0.4, -0.2) is 40.8 Å². The van der Waals surface area contributed by atoms with E-state index in [0.717, 1.165) is 46.9 Å². The number of nitrogens with one attached hydrogen (secondary N) is 1. The van der Waals surface area contributed by atoms with Crippen LogP contribution in [0.4, 0.5) is 0 Å². The van der Waals surface area contributed by atoms with Gasteiger partial charge in [-0.05, 0) is 33.7 Å². The van der Waals surface area contributed by atoms with Crippen molar-refractivity contribution in [1.82, 2.24) is 35.4 Å². The molecule has 0 aliphatic rings. The molecule has 4 rings (SSSR count). The second-order valence-corrected chi connectivity index (χ2v) is 7.10. The third-order valence-corrected chi connectivity index (χ3v) is 4.91. The van der Waals surface area contributed by atoms with Gasteiger partial charge in [0.1, 0.15) is 5.82 Å². The summed E-state index contributed by atoms with van der Waals surface area (Å²) in [6.07, 6.45) is 4.03. The van der Waals surface area contributed by atoms with Crippen molar-refractivity contribution in [1.29, 1.82) is 0 Å². The Hall–Kier alpha value is -3.52. The maximum atomic E-state index is 4.96. The van der Waals surface area contributed by atoms with E-state index in [1.54, 1.807) is 5.37 Å². The van der Waals surface area contributed by atoms with Crippen LogP contribution in [0.2, 0.25) is 0 Å². The van der Waals surface area contributed by atoms with E-state index in [0.29, 0.717) is 18.7 Å². The number of hydrogen-bond acceptors (Lipinski definition) is 6. The molecule has 0 fully saturated rings. The number of aryl methyl sites for hydroxylation is 1. The van der Waals surface area contributed by atoms with Gasteiger partial charge in [-0.2, -0.15) is 10.3 Å². The maximum absolute atomic E-state index is 4.96. The molecular formula is C22H21N7S. The van der Waals surface area contributed by atoms with Crippen LogP contribution in [-0.2, 0) is 19.4 Å². The van der Waals surface area contributed by atoms with E-state index in [1.165, 1.54) is 0 Å². The molecule has 0 saturated carbocycles. The molecule has 2 heterocycles. The Kier molecular flexibility index (Phi) is 6.14. The van der Waals surface area contributed by atoms with Gasteiger partial charge in [0.15, 0.2) is 5.82 Å². The number of nitrogens with zero attached hydrogens (tertiary/aromatic N) is 6. The topological polar surface area (TPSA) is 85.2 Å². The Labute approximate surface area is 179 Å². The molecule has 0 radical (unpaired) electrons. The van der Waals surface area contributed by atoms with Gasteiger partial charge in [-0.15, -0.1) is 16.8 Å². The van der Waals surface area contributed by atoms with Gasteiger partial charge in [0.05, 0.1) is 0 Å². The highest BCUT2D eigenvalue weighted by Crippen LogP contribution is 2.29. The number of thiocarbonyl (C=S) groups is 1. The SMILES string of the molecule is C=CCCn1nc(CC=S)nc1Cc1ccc(-c2ccccc2-c2nn[nH]n2)cc1. The number of H-pyrrole nitrogens is 1. The number of tetrazole rings is 1. The first kappa shape index (κ1) is 19.8. The average molecular weight is 416 g/mol. The van der Waals surface area contributed by atoms with Crippen molar-refractivity contribution in [3.05, 3.63) is 78.4 Å². The molecule has 0 aliphatic heterocycles. The summed E-state index contributed by atoms with van der Waals surface area (Å²) >= 11 is 4.96. The second-order valence-electron chi connectivity index (χ2n) is 6.77. The van der Waals surface area contributed by atoms with Gasteiger partial charge >= 0.3 is 0 Å². The van der Waals surface area contributed by atoms with Gasteiger partial charge in [-0.1, -0.05) is 66.8 Å². The number of rotatable bonds is 9. The van der Waals surface area contributed by atoms with Crippen LogP contribution in [0, 0.1) is 0 Å². The molecule has 4 aromatic rings. The zero-order valence-electron chi connectivity index (χ0n) is 16.4. The van der Waals surface area contributed by atoms with Crippen molar-refractivity contribution in [3.8, 4) is 22.5 Å². The van der Waals surface area contributed by atoms with Crippen LogP contribution in [0.1, 0.15) is 23.6 Å². The van der Waals surface area contributed by atoms with E-state index >= 15 is 0 Å². The lowest BCUT2D eigenvalue weighted by Crippen LogP contribution is -2.06. The monoisotopic (exact) mass is 415 g/mol. The number of aromatic nitrogens is 7. The predicted octanol–water partition coefficient (Wildman–Crippen LogP) is 3.83. The summed E-state index contributed by atoms with van der Waals surface area (Å²) < 4.78 is 1.95. The van der Waals surface area contributed by atoms with E-state index in [2.05, 4.69) is 67.6 Å². The Morgan fingerprint density at radius 3 is 2.57 bits per heavy atom. The predicted molar refractivity (Wildman–Crippen MR) is 120 cm³/mol.